The van der Waals surface area contributed by atoms with Crippen LogP contribution in [0.15, 0.2) is 68.3 Å². The number of hydrogen-bond donors (Lipinski definition) is 1. The maximum atomic E-state index is 12.9. The Morgan fingerprint density at radius 1 is 1.16 bits per heavy atom. The third-order valence-electron chi connectivity index (χ3n) is 4.43. The zero-order valence-corrected chi connectivity index (χ0v) is 17.1. The van der Waals surface area contributed by atoms with Gasteiger partial charge in [-0.2, -0.15) is 18.4 Å². The monoisotopic (exact) mass is 485 g/mol. The fraction of sp³-hybridized carbons (Fsp3) is 0.0455. The highest BCUT2D eigenvalue weighted by Crippen LogP contribution is 2.33. The van der Waals surface area contributed by atoms with Gasteiger partial charge >= 0.3 is 6.18 Å². The molecule has 0 aliphatic heterocycles. The van der Waals surface area contributed by atoms with E-state index in [1.165, 1.54) is 30.3 Å². The summed E-state index contributed by atoms with van der Waals surface area (Å²) in [5, 5.41) is 9.90. The van der Waals surface area contributed by atoms with E-state index in [1.807, 2.05) is 6.07 Å². The average molecular weight is 486 g/mol. The van der Waals surface area contributed by atoms with E-state index in [4.69, 9.17) is 4.42 Å². The Morgan fingerprint density at radius 3 is 2.71 bits per heavy atom. The van der Waals surface area contributed by atoms with Gasteiger partial charge in [-0.15, -0.1) is 0 Å². The molecule has 0 aliphatic carbocycles. The summed E-state index contributed by atoms with van der Waals surface area (Å²) in [5.41, 5.74) is -0.512. The van der Waals surface area contributed by atoms with E-state index in [0.29, 0.717) is 15.4 Å². The van der Waals surface area contributed by atoms with Crippen LogP contribution < -0.4 is 5.56 Å². The maximum absolute atomic E-state index is 12.9. The van der Waals surface area contributed by atoms with Gasteiger partial charge in [-0.05, 0) is 42.5 Å². The van der Waals surface area contributed by atoms with Crippen molar-refractivity contribution in [1.29, 1.82) is 5.26 Å². The van der Waals surface area contributed by atoms with E-state index >= 15 is 0 Å². The molecule has 0 amide bonds. The molecule has 0 atom stereocenters. The van der Waals surface area contributed by atoms with Crippen LogP contribution in [0.25, 0.3) is 33.9 Å². The van der Waals surface area contributed by atoms with E-state index in [-0.39, 0.29) is 28.5 Å². The molecule has 0 aliphatic rings. The normalized spacial score (nSPS) is 12.2. The minimum atomic E-state index is -4.47. The summed E-state index contributed by atoms with van der Waals surface area (Å²) >= 11 is 3.29. The maximum Gasteiger partial charge on any atom is 0.416 e. The van der Waals surface area contributed by atoms with Crippen LogP contribution in [0.5, 0.6) is 0 Å². The summed E-state index contributed by atoms with van der Waals surface area (Å²) in [4.78, 5) is 19.2. The number of nitrogens with zero attached hydrogens (tertiary/aromatic N) is 2. The first-order valence-corrected chi connectivity index (χ1v) is 9.63. The highest BCUT2D eigenvalue weighted by molar-refractivity contribution is 9.10. The highest BCUT2D eigenvalue weighted by Gasteiger charge is 2.30. The third-order valence-corrected chi connectivity index (χ3v) is 4.92. The van der Waals surface area contributed by atoms with Crippen molar-refractivity contribution in [3.63, 3.8) is 0 Å². The molecular formula is C22H11BrF3N3O2. The summed E-state index contributed by atoms with van der Waals surface area (Å²) in [7, 11) is 0. The number of benzene rings is 2. The molecule has 9 heteroatoms. The van der Waals surface area contributed by atoms with Gasteiger partial charge in [0.25, 0.3) is 5.56 Å². The van der Waals surface area contributed by atoms with Crippen molar-refractivity contribution >= 4 is 38.5 Å². The molecule has 0 unspecified atom stereocenters. The smallest absolute Gasteiger partial charge is 0.416 e. The zero-order valence-electron chi connectivity index (χ0n) is 15.5. The number of halogens is 4. The van der Waals surface area contributed by atoms with E-state index in [2.05, 4.69) is 25.9 Å². The fourth-order valence-corrected chi connectivity index (χ4v) is 3.33. The summed E-state index contributed by atoms with van der Waals surface area (Å²) in [6.45, 7) is 0. The van der Waals surface area contributed by atoms with Crippen molar-refractivity contribution in [2.75, 3.05) is 0 Å². The number of allylic oxidation sites excluding steroid dienone is 1. The second-order valence-electron chi connectivity index (χ2n) is 6.53. The lowest BCUT2D eigenvalue weighted by Crippen LogP contribution is -2.11. The quantitative estimate of drug-likeness (QED) is 0.359. The van der Waals surface area contributed by atoms with Gasteiger partial charge in [0, 0.05) is 16.1 Å². The van der Waals surface area contributed by atoms with Gasteiger partial charge in [0.15, 0.2) is 5.82 Å². The number of nitriles is 1. The van der Waals surface area contributed by atoms with Crippen LogP contribution in [0, 0.1) is 11.3 Å². The largest absolute Gasteiger partial charge is 0.457 e. The molecule has 4 rings (SSSR count). The average Bonchev–Trinajstić information content (AvgIpc) is 3.20. The zero-order chi connectivity index (χ0) is 22.2. The molecular weight excluding hydrogens is 475 g/mol. The number of alkyl halides is 3. The Labute approximate surface area is 181 Å². The Bertz CT molecular complexity index is 1430. The number of nitrogens with one attached hydrogen (secondary N) is 1. The van der Waals surface area contributed by atoms with Crippen LogP contribution in [-0.4, -0.2) is 9.97 Å². The lowest BCUT2D eigenvalue weighted by atomic mass is 10.1. The molecule has 2 aromatic heterocycles. The first kappa shape index (κ1) is 20.6. The Kier molecular flexibility index (Phi) is 5.25. The Hall–Kier alpha value is -3.64. The molecule has 0 fully saturated rings. The first-order chi connectivity index (χ1) is 14.7. The predicted octanol–water partition coefficient (Wildman–Crippen LogP) is 6.03. The van der Waals surface area contributed by atoms with Crippen molar-refractivity contribution < 1.29 is 17.6 Å². The molecule has 2 aromatic carbocycles. The number of rotatable bonds is 3. The van der Waals surface area contributed by atoms with Gasteiger partial charge in [0.1, 0.15) is 17.6 Å². The number of hydrogen-bond acceptors (Lipinski definition) is 4. The van der Waals surface area contributed by atoms with Crippen LogP contribution >= 0.6 is 15.9 Å². The molecule has 0 saturated carbocycles. The molecule has 5 nitrogen and oxygen atoms in total. The Balaban J connectivity index is 1.72. The van der Waals surface area contributed by atoms with Crippen LogP contribution in [0.3, 0.4) is 0 Å². The van der Waals surface area contributed by atoms with E-state index in [1.54, 1.807) is 18.2 Å². The van der Waals surface area contributed by atoms with Crippen LogP contribution in [0.4, 0.5) is 13.2 Å². The number of H-pyrrole nitrogens is 1. The number of aromatic nitrogens is 2. The second-order valence-corrected chi connectivity index (χ2v) is 7.44. The van der Waals surface area contributed by atoms with Crippen LogP contribution in [-0.2, 0) is 6.18 Å². The van der Waals surface area contributed by atoms with Gasteiger partial charge in [-0.25, -0.2) is 4.98 Å². The minimum absolute atomic E-state index is 0.0341. The van der Waals surface area contributed by atoms with Gasteiger partial charge in [-0.3, -0.25) is 4.79 Å². The van der Waals surface area contributed by atoms with E-state index < -0.39 is 17.3 Å². The fourth-order valence-electron chi connectivity index (χ4n) is 2.97. The molecule has 1 N–H and O–H groups in total. The van der Waals surface area contributed by atoms with Crippen molar-refractivity contribution in [1.82, 2.24) is 9.97 Å². The topological polar surface area (TPSA) is 82.7 Å². The Morgan fingerprint density at radius 2 is 1.97 bits per heavy atom. The summed E-state index contributed by atoms with van der Waals surface area (Å²) in [6.07, 6.45) is -3.11. The second kappa shape index (κ2) is 7.89. The third kappa shape index (κ3) is 4.29. The van der Waals surface area contributed by atoms with Crippen molar-refractivity contribution in [3.05, 3.63) is 86.6 Å². The summed E-state index contributed by atoms with van der Waals surface area (Å²) in [6, 6.07) is 14.7. The molecule has 0 saturated heterocycles. The highest BCUT2D eigenvalue weighted by atomic mass is 79.9. The standard InChI is InChI=1S/C22H11BrF3N3O2/c23-15-4-6-18-17(10-15)21(30)29-20(28-18)13(11-27)9-16-5-7-19(31-16)12-2-1-3-14(8-12)22(24,25)26/h1-10H,(H,28,29,30)/b13-9+. The number of aromatic amines is 1. The summed E-state index contributed by atoms with van der Waals surface area (Å²) < 4.78 is 45.2. The van der Waals surface area contributed by atoms with E-state index in [9.17, 15) is 23.2 Å². The summed E-state index contributed by atoms with van der Waals surface area (Å²) in [5.74, 6) is 0.487. The molecule has 0 radical (unpaired) electrons. The van der Waals surface area contributed by atoms with Gasteiger partial charge in [0.05, 0.1) is 22.0 Å². The van der Waals surface area contributed by atoms with Crippen molar-refractivity contribution in [3.8, 4) is 17.4 Å². The van der Waals surface area contributed by atoms with Crippen molar-refractivity contribution in [2.45, 2.75) is 6.18 Å². The molecule has 2 heterocycles. The SMILES string of the molecule is N#C/C(=C\c1ccc(-c2cccc(C(F)(F)F)c2)o1)c1nc2ccc(Br)cc2c(=O)[nH]1. The molecule has 0 bridgehead atoms. The van der Waals surface area contributed by atoms with Crippen LogP contribution in [0.1, 0.15) is 17.1 Å². The van der Waals surface area contributed by atoms with Gasteiger partial charge < -0.3 is 9.40 Å². The van der Waals surface area contributed by atoms with Crippen molar-refractivity contribution in [2.24, 2.45) is 0 Å². The number of furan rings is 1. The minimum Gasteiger partial charge on any atom is -0.457 e. The lowest BCUT2D eigenvalue weighted by molar-refractivity contribution is -0.137. The van der Waals surface area contributed by atoms with Gasteiger partial charge in [-0.1, -0.05) is 28.1 Å². The molecule has 31 heavy (non-hydrogen) atoms. The molecule has 4 aromatic rings. The molecule has 0 spiro atoms. The lowest BCUT2D eigenvalue weighted by Gasteiger charge is -2.07. The van der Waals surface area contributed by atoms with Crippen LogP contribution in [0.2, 0.25) is 0 Å². The molecule has 154 valence electrons. The number of fused-ring (bicyclic) bond motifs is 1. The van der Waals surface area contributed by atoms with E-state index in [0.717, 1.165) is 12.1 Å². The first-order valence-electron chi connectivity index (χ1n) is 8.84. The van der Waals surface area contributed by atoms with Gasteiger partial charge in [0.2, 0.25) is 0 Å². The predicted molar refractivity (Wildman–Crippen MR) is 113 cm³/mol.